The second-order valence-electron chi connectivity index (χ2n) is 4.77. The van der Waals surface area contributed by atoms with Crippen molar-refractivity contribution in [3.8, 4) is 11.5 Å². The van der Waals surface area contributed by atoms with Gasteiger partial charge in [0.25, 0.3) is 5.92 Å². The number of alkyl halides is 2. The first kappa shape index (κ1) is 19.6. The van der Waals surface area contributed by atoms with Gasteiger partial charge < -0.3 is 20.5 Å². The van der Waals surface area contributed by atoms with E-state index in [0.717, 1.165) is 0 Å². The van der Waals surface area contributed by atoms with Crippen LogP contribution in [0.5, 0.6) is 11.5 Å². The van der Waals surface area contributed by atoms with Crippen LogP contribution in [-0.4, -0.2) is 38.1 Å². The summed E-state index contributed by atoms with van der Waals surface area (Å²) in [5.41, 5.74) is 5.54. The van der Waals surface area contributed by atoms with Gasteiger partial charge in [-0.05, 0) is 31.5 Å². The standard InChI is InChI=1S/C15H21BrF2N2O3/c1-3-22-12-5-10(11(16)7-13(12)23-4-2)6-14(21)20-9-15(17,18)8-19/h5,7H,3-4,6,8-9,19H2,1-2H3,(H,20,21). The minimum atomic E-state index is -3.11. The van der Waals surface area contributed by atoms with Crippen molar-refractivity contribution >= 4 is 21.8 Å². The molecule has 0 saturated carbocycles. The van der Waals surface area contributed by atoms with Gasteiger partial charge in [-0.25, -0.2) is 8.78 Å². The maximum atomic E-state index is 13.0. The second kappa shape index (κ2) is 9.02. The summed E-state index contributed by atoms with van der Waals surface area (Å²) in [5.74, 6) is -2.57. The van der Waals surface area contributed by atoms with E-state index in [1.54, 1.807) is 12.1 Å². The molecule has 0 fully saturated rings. The zero-order valence-electron chi connectivity index (χ0n) is 13.1. The Labute approximate surface area is 142 Å². The molecule has 0 aliphatic carbocycles. The Morgan fingerprint density at radius 2 is 1.83 bits per heavy atom. The number of amides is 1. The summed E-state index contributed by atoms with van der Waals surface area (Å²) in [5, 5.41) is 2.18. The molecule has 5 nitrogen and oxygen atoms in total. The van der Waals surface area contributed by atoms with Gasteiger partial charge in [-0.1, -0.05) is 15.9 Å². The maximum Gasteiger partial charge on any atom is 0.277 e. The first-order valence-corrected chi connectivity index (χ1v) is 8.04. The Balaban J connectivity index is 2.83. The van der Waals surface area contributed by atoms with Crippen molar-refractivity contribution in [3.05, 3.63) is 22.2 Å². The number of nitrogens with one attached hydrogen (secondary N) is 1. The van der Waals surface area contributed by atoms with Crippen LogP contribution in [-0.2, 0) is 11.2 Å². The lowest BCUT2D eigenvalue weighted by Gasteiger charge is -2.16. The molecule has 1 aromatic rings. The molecule has 130 valence electrons. The summed E-state index contributed by atoms with van der Waals surface area (Å²) in [6.45, 7) is 3.00. The number of rotatable bonds is 9. The van der Waals surface area contributed by atoms with Crippen molar-refractivity contribution in [1.82, 2.24) is 5.32 Å². The molecule has 1 rings (SSSR count). The third-order valence-corrected chi connectivity index (χ3v) is 3.64. The molecular weight excluding hydrogens is 374 g/mol. The third-order valence-electron chi connectivity index (χ3n) is 2.91. The minimum Gasteiger partial charge on any atom is -0.490 e. The van der Waals surface area contributed by atoms with Crippen molar-refractivity contribution in [2.75, 3.05) is 26.3 Å². The number of carbonyl (C=O) groups excluding carboxylic acids is 1. The van der Waals surface area contributed by atoms with Gasteiger partial charge in [-0.15, -0.1) is 0 Å². The van der Waals surface area contributed by atoms with Gasteiger partial charge in [0, 0.05) is 4.47 Å². The number of carbonyl (C=O) groups is 1. The van der Waals surface area contributed by atoms with Crippen molar-refractivity contribution in [3.63, 3.8) is 0 Å². The van der Waals surface area contributed by atoms with Crippen LogP contribution in [0.15, 0.2) is 16.6 Å². The van der Waals surface area contributed by atoms with Crippen LogP contribution in [0.4, 0.5) is 8.78 Å². The van der Waals surface area contributed by atoms with E-state index in [-0.39, 0.29) is 6.42 Å². The predicted molar refractivity (Wildman–Crippen MR) is 87.2 cm³/mol. The SMILES string of the molecule is CCOc1cc(Br)c(CC(=O)NCC(F)(F)CN)cc1OCC. The lowest BCUT2D eigenvalue weighted by Crippen LogP contribution is -2.42. The highest BCUT2D eigenvalue weighted by molar-refractivity contribution is 9.10. The first-order valence-electron chi connectivity index (χ1n) is 7.25. The largest absolute Gasteiger partial charge is 0.490 e. The van der Waals surface area contributed by atoms with E-state index in [1.807, 2.05) is 13.8 Å². The maximum absolute atomic E-state index is 13.0. The molecule has 1 amide bonds. The molecule has 8 heteroatoms. The Morgan fingerprint density at radius 1 is 1.26 bits per heavy atom. The van der Waals surface area contributed by atoms with Gasteiger partial charge in [-0.3, -0.25) is 4.79 Å². The van der Waals surface area contributed by atoms with E-state index in [0.29, 0.717) is 34.7 Å². The van der Waals surface area contributed by atoms with Gasteiger partial charge in [-0.2, -0.15) is 0 Å². The number of hydrogen-bond donors (Lipinski definition) is 2. The zero-order valence-corrected chi connectivity index (χ0v) is 14.7. The summed E-state index contributed by atoms with van der Waals surface area (Å²) in [7, 11) is 0. The van der Waals surface area contributed by atoms with Crippen molar-refractivity contribution in [2.45, 2.75) is 26.2 Å². The Hall–Kier alpha value is -1.41. The monoisotopic (exact) mass is 394 g/mol. The van der Waals surface area contributed by atoms with Gasteiger partial charge in [0.05, 0.1) is 32.7 Å². The molecule has 23 heavy (non-hydrogen) atoms. The Morgan fingerprint density at radius 3 is 2.35 bits per heavy atom. The topological polar surface area (TPSA) is 73.6 Å². The molecule has 0 aliphatic heterocycles. The fourth-order valence-electron chi connectivity index (χ4n) is 1.78. The minimum absolute atomic E-state index is 0.0618. The molecule has 0 spiro atoms. The van der Waals surface area contributed by atoms with Gasteiger partial charge in [0.1, 0.15) is 0 Å². The Kier molecular flexibility index (Phi) is 7.70. The van der Waals surface area contributed by atoms with E-state index in [1.165, 1.54) is 0 Å². The molecule has 0 unspecified atom stereocenters. The van der Waals surface area contributed by atoms with E-state index in [2.05, 4.69) is 21.2 Å². The van der Waals surface area contributed by atoms with E-state index in [4.69, 9.17) is 15.2 Å². The summed E-state index contributed by atoms with van der Waals surface area (Å²) >= 11 is 3.35. The number of benzene rings is 1. The highest BCUT2D eigenvalue weighted by Gasteiger charge is 2.27. The summed E-state index contributed by atoms with van der Waals surface area (Å²) in [4.78, 5) is 11.8. The quantitative estimate of drug-likeness (QED) is 0.674. The van der Waals surface area contributed by atoms with Crippen LogP contribution in [0.25, 0.3) is 0 Å². The molecule has 1 aromatic carbocycles. The normalized spacial score (nSPS) is 11.2. The highest BCUT2D eigenvalue weighted by atomic mass is 79.9. The van der Waals surface area contributed by atoms with Gasteiger partial charge in [0.2, 0.25) is 5.91 Å². The smallest absolute Gasteiger partial charge is 0.277 e. The number of nitrogens with two attached hydrogens (primary N) is 1. The second-order valence-corrected chi connectivity index (χ2v) is 5.62. The van der Waals surface area contributed by atoms with Crippen molar-refractivity contribution in [2.24, 2.45) is 5.73 Å². The van der Waals surface area contributed by atoms with Crippen LogP contribution in [0.3, 0.4) is 0 Å². The van der Waals surface area contributed by atoms with Crippen LogP contribution in [0, 0.1) is 0 Å². The molecule has 0 radical (unpaired) electrons. The first-order chi connectivity index (χ1) is 10.8. The summed E-state index contributed by atoms with van der Waals surface area (Å²) in [6, 6.07) is 3.37. The molecule has 3 N–H and O–H groups in total. The molecule has 0 aliphatic rings. The molecule has 0 saturated heterocycles. The molecular formula is C15H21BrF2N2O3. The van der Waals surface area contributed by atoms with Gasteiger partial charge in [0.15, 0.2) is 11.5 Å². The van der Waals surface area contributed by atoms with Crippen LogP contribution in [0.2, 0.25) is 0 Å². The summed E-state index contributed by atoms with van der Waals surface area (Å²) < 4.78 is 37.7. The molecule has 0 bridgehead atoms. The van der Waals surface area contributed by atoms with Crippen LogP contribution >= 0.6 is 15.9 Å². The Bertz CT molecular complexity index is 542. The van der Waals surface area contributed by atoms with E-state index >= 15 is 0 Å². The lowest BCUT2D eigenvalue weighted by molar-refractivity contribution is -0.122. The predicted octanol–water partition coefficient (Wildman–Crippen LogP) is 2.50. The fourth-order valence-corrected chi connectivity index (χ4v) is 2.25. The van der Waals surface area contributed by atoms with Crippen molar-refractivity contribution in [1.29, 1.82) is 0 Å². The number of hydrogen-bond acceptors (Lipinski definition) is 4. The molecule has 0 heterocycles. The van der Waals surface area contributed by atoms with Crippen LogP contribution in [0.1, 0.15) is 19.4 Å². The third kappa shape index (κ3) is 6.31. The zero-order chi connectivity index (χ0) is 17.5. The summed E-state index contributed by atoms with van der Waals surface area (Å²) in [6.07, 6.45) is -0.0618. The number of halogens is 3. The highest BCUT2D eigenvalue weighted by Crippen LogP contribution is 2.34. The van der Waals surface area contributed by atoms with Gasteiger partial charge >= 0.3 is 0 Å². The van der Waals surface area contributed by atoms with Crippen molar-refractivity contribution < 1.29 is 23.0 Å². The molecule has 0 aromatic heterocycles. The fraction of sp³-hybridized carbons (Fsp3) is 0.533. The average Bonchev–Trinajstić information content (AvgIpc) is 2.50. The number of ether oxygens (including phenoxy) is 2. The lowest BCUT2D eigenvalue weighted by atomic mass is 10.1. The molecule has 0 atom stereocenters. The van der Waals surface area contributed by atoms with Crippen LogP contribution < -0.4 is 20.5 Å². The van der Waals surface area contributed by atoms with E-state index in [9.17, 15) is 13.6 Å². The van der Waals surface area contributed by atoms with E-state index < -0.39 is 24.9 Å². The average molecular weight is 395 g/mol.